The highest BCUT2D eigenvalue weighted by Gasteiger charge is 2.15. The zero-order chi connectivity index (χ0) is 13.9. The Morgan fingerprint density at radius 2 is 2.16 bits per heavy atom. The molecule has 0 aliphatic rings. The molecule has 2 rings (SSSR count). The SMILES string of the molecule is CC(C)(C)n1cc(COc2cccc(C#N)c2)nn1. The lowest BCUT2D eigenvalue weighted by molar-refractivity contribution is 0.301. The van der Waals surface area contributed by atoms with E-state index >= 15 is 0 Å². The van der Waals surface area contributed by atoms with Crippen molar-refractivity contribution in [2.45, 2.75) is 32.9 Å². The van der Waals surface area contributed by atoms with Crippen molar-refractivity contribution >= 4 is 0 Å². The van der Waals surface area contributed by atoms with Crippen molar-refractivity contribution in [2.24, 2.45) is 0 Å². The molecule has 0 N–H and O–H groups in total. The first-order chi connectivity index (χ1) is 8.99. The third kappa shape index (κ3) is 3.32. The Kier molecular flexibility index (Phi) is 3.52. The summed E-state index contributed by atoms with van der Waals surface area (Å²) in [6, 6.07) is 9.12. The highest BCUT2D eigenvalue weighted by Crippen LogP contribution is 2.15. The average molecular weight is 256 g/mol. The van der Waals surface area contributed by atoms with Crippen molar-refractivity contribution < 1.29 is 4.74 Å². The number of benzene rings is 1. The van der Waals surface area contributed by atoms with Gasteiger partial charge < -0.3 is 4.74 Å². The van der Waals surface area contributed by atoms with Gasteiger partial charge in [0.25, 0.3) is 0 Å². The van der Waals surface area contributed by atoms with E-state index in [9.17, 15) is 0 Å². The molecule has 0 bridgehead atoms. The first-order valence-corrected chi connectivity index (χ1v) is 6.04. The Labute approximate surface area is 112 Å². The van der Waals surface area contributed by atoms with Crippen LogP contribution in [-0.4, -0.2) is 15.0 Å². The molecule has 0 saturated heterocycles. The molecule has 1 heterocycles. The molecule has 0 saturated carbocycles. The van der Waals surface area contributed by atoms with Gasteiger partial charge in [-0.2, -0.15) is 5.26 Å². The molecule has 0 radical (unpaired) electrons. The van der Waals surface area contributed by atoms with Crippen LogP contribution in [0.2, 0.25) is 0 Å². The molecule has 1 aromatic heterocycles. The maximum Gasteiger partial charge on any atom is 0.134 e. The fraction of sp³-hybridized carbons (Fsp3) is 0.357. The number of hydrogen-bond donors (Lipinski definition) is 0. The number of rotatable bonds is 3. The molecule has 0 aliphatic carbocycles. The van der Waals surface area contributed by atoms with E-state index in [0.717, 1.165) is 5.69 Å². The number of aromatic nitrogens is 3. The van der Waals surface area contributed by atoms with E-state index in [1.165, 1.54) is 0 Å². The number of nitriles is 1. The van der Waals surface area contributed by atoms with Crippen molar-refractivity contribution in [3.8, 4) is 11.8 Å². The average Bonchev–Trinajstić information content (AvgIpc) is 2.85. The summed E-state index contributed by atoms with van der Waals surface area (Å²) in [6.07, 6.45) is 1.87. The van der Waals surface area contributed by atoms with Crippen LogP contribution in [0, 0.1) is 11.3 Å². The van der Waals surface area contributed by atoms with Crippen molar-refractivity contribution in [1.29, 1.82) is 5.26 Å². The van der Waals surface area contributed by atoms with E-state index < -0.39 is 0 Å². The zero-order valence-electron chi connectivity index (χ0n) is 11.3. The third-order valence-electron chi connectivity index (χ3n) is 2.58. The molecule has 0 aliphatic heterocycles. The summed E-state index contributed by atoms with van der Waals surface area (Å²) in [6.45, 7) is 6.51. The van der Waals surface area contributed by atoms with Gasteiger partial charge in [0, 0.05) is 0 Å². The van der Waals surface area contributed by atoms with Gasteiger partial charge in [-0.3, -0.25) is 0 Å². The first kappa shape index (κ1) is 13.1. The second kappa shape index (κ2) is 5.11. The second-order valence-electron chi connectivity index (χ2n) is 5.25. The minimum absolute atomic E-state index is 0.0913. The fourth-order valence-corrected chi connectivity index (χ4v) is 1.51. The topological polar surface area (TPSA) is 63.7 Å². The van der Waals surface area contributed by atoms with E-state index in [1.807, 2.05) is 12.3 Å². The molecule has 1 aromatic carbocycles. The lowest BCUT2D eigenvalue weighted by Gasteiger charge is -2.17. The standard InChI is InChI=1S/C14H16N4O/c1-14(2,3)18-9-12(16-17-18)10-19-13-6-4-5-11(7-13)8-15/h4-7,9H,10H2,1-3H3. The third-order valence-corrected chi connectivity index (χ3v) is 2.58. The van der Waals surface area contributed by atoms with Crippen LogP contribution in [0.15, 0.2) is 30.5 Å². The Morgan fingerprint density at radius 1 is 1.37 bits per heavy atom. The first-order valence-electron chi connectivity index (χ1n) is 6.04. The summed E-state index contributed by atoms with van der Waals surface area (Å²) in [5, 5.41) is 16.9. The highest BCUT2D eigenvalue weighted by atomic mass is 16.5. The highest BCUT2D eigenvalue weighted by molar-refractivity contribution is 5.36. The van der Waals surface area contributed by atoms with Crippen molar-refractivity contribution in [1.82, 2.24) is 15.0 Å². The van der Waals surface area contributed by atoms with Crippen LogP contribution in [0.1, 0.15) is 32.0 Å². The van der Waals surface area contributed by atoms with E-state index in [2.05, 4.69) is 37.2 Å². The Hall–Kier alpha value is -2.35. The van der Waals surface area contributed by atoms with Gasteiger partial charge in [0.15, 0.2) is 0 Å². The second-order valence-corrected chi connectivity index (χ2v) is 5.25. The molecule has 0 amide bonds. The van der Waals surface area contributed by atoms with Gasteiger partial charge in [0.05, 0.1) is 23.4 Å². The van der Waals surface area contributed by atoms with Crippen molar-refractivity contribution in [2.75, 3.05) is 0 Å². The fourth-order valence-electron chi connectivity index (χ4n) is 1.51. The van der Waals surface area contributed by atoms with Crippen molar-refractivity contribution in [3.05, 3.63) is 41.7 Å². The molecule has 0 atom stereocenters. The molecule has 5 heteroatoms. The summed E-state index contributed by atoms with van der Waals surface area (Å²) in [5.41, 5.74) is 1.25. The lowest BCUT2D eigenvalue weighted by Crippen LogP contribution is -2.22. The molecule has 0 fully saturated rings. The molecule has 98 valence electrons. The monoisotopic (exact) mass is 256 g/mol. The number of ether oxygens (including phenoxy) is 1. The van der Waals surface area contributed by atoms with Crippen LogP contribution < -0.4 is 4.74 Å². The Balaban J connectivity index is 2.03. The number of nitrogens with zero attached hydrogens (tertiary/aromatic N) is 4. The minimum atomic E-state index is -0.0913. The van der Waals surface area contributed by atoms with Crippen LogP contribution >= 0.6 is 0 Å². The van der Waals surface area contributed by atoms with Crippen LogP contribution in [0.5, 0.6) is 5.75 Å². The van der Waals surface area contributed by atoms with E-state index in [0.29, 0.717) is 17.9 Å². The maximum atomic E-state index is 8.81. The van der Waals surface area contributed by atoms with E-state index in [-0.39, 0.29) is 5.54 Å². The predicted molar refractivity (Wildman–Crippen MR) is 70.5 cm³/mol. The molecule has 2 aromatic rings. The van der Waals surface area contributed by atoms with E-state index in [4.69, 9.17) is 10.00 Å². The van der Waals surface area contributed by atoms with Gasteiger partial charge in [-0.15, -0.1) is 5.10 Å². The summed E-state index contributed by atoms with van der Waals surface area (Å²) in [5.74, 6) is 0.657. The van der Waals surface area contributed by atoms with Crippen LogP contribution in [0.4, 0.5) is 0 Å². The van der Waals surface area contributed by atoms with Gasteiger partial charge >= 0.3 is 0 Å². The summed E-state index contributed by atoms with van der Waals surface area (Å²) in [4.78, 5) is 0. The molecule has 19 heavy (non-hydrogen) atoms. The molecule has 5 nitrogen and oxygen atoms in total. The number of hydrogen-bond acceptors (Lipinski definition) is 4. The Bertz CT molecular complexity index is 604. The largest absolute Gasteiger partial charge is 0.487 e. The lowest BCUT2D eigenvalue weighted by atomic mass is 10.1. The van der Waals surface area contributed by atoms with E-state index in [1.54, 1.807) is 22.9 Å². The normalized spacial score (nSPS) is 11.1. The van der Waals surface area contributed by atoms with Crippen LogP contribution in [0.3, 0.4) is 0 Å². The zero-order valence-corrected chi connectivity index (χ0v) is 11.3. The minimum Gasteiger partial charge on any atom is -0.487 e. The smallest absolute Gasteiger partial charge is 0.134 e. The van der Waals surface area contributed by atoms with Gasteiger partial charge in [0.2, 0.25) is 0 Å². The van der Waals surface area contributed by atoms with Gasteiger partial charge in [-0.1, -0.05) is 11.3 Å². The molecule has 0 unspecified atom stereocenters. The summed E-state index contributed by atoms with van der Waals surface area (Å²) < 4.78 is 7.40. The van der Waals surface area contributed by atoms with Crippen LogP contribution in [0.25, 0.3) is 0 Å². The molecular formula is C14H16N4O. The van der Waals surface area contributed by atoms with Crippen molar-refractivity contribution in [3.63, 3.8) is 0 Å². The van der Waals surface area contributed by atoms with Gasteiger partial charge in [-0.25, -0.2) is 4.68 Å². The summed E-state index contributed by atoms with van der Waals surface area (Å²) >= 11 is 0. The molecule has 0 spiro atoms. The maximum absolute atomic E-state index is 8.81. The predicted octanol–water partition coefficient (Wildman–Crippen LogP) is 2.48. The quantitative estimate of drug-likeness (QED) is 0.846. The van der Waals surface area contributed by atoms with Gasteiger partial charge in [0.1, 0.15) is 18.1 Å². The van der Waals surface area contributed by atoms with Crippen LogP contribution in [-0.2, 0) is 12.1 Å². The molecular weight excluding hydrogens is 240 g/mol. The summed E-state index contributed by atoms with van der Waals surface area (Å²) in [7, 11) is 0. The Morgan fingerprint density at radius 3 is 2.79 bits per heavy atom. The van der Waals surface area contributed by atoms with Gasteiger partial charge in [-0.05, 0) is 39.0 Å².